The lowest BCUT2D eigenvalue weighted by Gasteiger charge is -2.09. The zero-order chi connectivity index (χ0) is 18.3. The van der Waals surface area contributed by atoms with Crippen LogP contribution in [0.4, 0.5) is 0 Å². The molecular formula is C17H19ClN2O4S. The molecule has 2 aromatic carbocycles. The molecule has 2 rings (SSSR count). The summed E-state index contributed by atoms with van der Waals surface area (Å²) in [5, 5.41) is 3.33. The van der Waals surface area contributed by atoms with Gasteiger partial charge in [0.2, 0.25) is 10.0 Å². The van der Waals surface area contributed by atoms with Crippen molar-refractivity contribution in [1.82, 2.24) is 10.0 Å². The molecule has 0 aliphatic heterocycles. The van der Waals surface area contributed by atoms with E-state index in [1.165, 1.54) is 31.4 Å². The highest BCUT2D eigenvalue weighted by Gasteiger charge is 2.14. The quantitative estimate of drug-likeness (QED) is 0.685. The predicted octanol–water partition coefficient (Wildman–Crippen LogP) is 2.19. The van der Waals surface area contributed by atoms with Crippen LogP contribution in [0.1, 0.15) is 15.9 Å². The van der Waals surface area contributed by atoms with Gasteiger partial charge in [-0.05, 0) is 35.9 Å². The fourth-order valence-electron chi connectivity index (χ4n) is 2.07. The summed E-state index contributed by atoms with van der Waals surface area (Å²) in [5.41, 5.74) is 1.17. The van der Waals surface area contributed by atoms with Crippen LogP contribution < -0.4 is 10.0 Å². The van der Waals surface area contributed by atoms with E-state index in [0.717, 1.165) is 5.56 Å². The summed E-state index contributed by atoms with van der Waals surface area (Å²) < 4.78 is 31.3. The first-order chi connectivity index (χ1) is 11.9. The van der Waals surface area contributed by atoms with E-state index in [9.17, 15) is 13.2 Å². The van der Waals surface area contributed by atoms with Crippen molar-refractivity contribution in [1.29, 1.82) is 0 Å². The maximum atomic E-state index is 12.2. The lowest BCUT2D eigenvalue weighted by Crippen LogP contribution is -2.27. The highest BCUT2D eigenvalue weighted by atomic mass is 35.5. The van der Waals surface area contributed by atoms with E-state index in [2.05, 4.69) is 10.0 Å². The van der Waals surface area contributed by atoms with Crippen LogP contribution >= 0.6 is 11.6 Å². The minimum Gasteiger partial charge on any atom is -0.383 e. The van der Waals surface area contributed by atoms with E-state index in [1.54, 1.807) is 6.07 Å². The molecule has 0 saturated carbocycles. The summed E-state index contributed by atoms with van der Waals surface area (Å²) in [5.74, 6) is -0.309. The molecule has 0 aliphatic rings. The molecule has 8 heteroatoms. The fraction of sp³-hybridized carbons (Fsp3) is 0.235. The molecule has 25 heavy (non-hydrogen) atoms. The monoisotopic (exact) mass is 382 g/mol. The third-order valence-electron chi connectivity index (χ3n) is 3.42. The highest BCUT2D eigenvalue weighted by Crippen LogP contribution is 2.15. The van der Waals surface area contributed by atoms with Crippen molar-refractivity contribution >= 4 is 27.5 Å². The summed E-state index contributed by atoms with van der Waals surface area (Å²) in [6.45, 7) is 0.748. The third-order valence-corrected chi connectivity index (χ3v) is 5.27. The maximum absolute atomic E-state index is 12.2. The molecule has 0 bridgehead atoms. The molecule has 0 aromatic heterocycles. The number of amides is 1. The van der Waals surface area contributed by atoms with Gasteiger partial charge >= 0.3 is 0 Å². The van der Waals surface area contributed by atoms with Crippen molar-refractivity contribution in [3.05, 3.63) is 64.7 Å². The standard InChI is InChI=1S/C17H19ClN2O4S/c1-24-11-10-20-25(22,23)15-8-6-13(7-9-15)17(21)19-12-14-4-2-3-5-16(14)18/h2-9,20H,10-12H2,1H3,(H,19,21). The van der Waals surface area contributed by atoms with Gasteiger partial charge in [0, 0.05) is 30.8 Å². The lowest BCUT2D eigenvalue weighted by atomic mass is 10.2. The minimum atomic E-state index is -3.62. The Labute approximate surface area is 152 Å². The first-order valence-electron chi connectivity index (χ1n) is 7.54. The molecule has 0 radical (unpaired) electrons. The van der Waals surface area contributed by atoms with E-state index in [0.29, 0.717) is 10.6 Å². The van der Waals surface area contributed by atoms with Gasteiger partial charge in [-0.15, -0.1) is 0 Å². The van der Waals surface area contributed by atoms with Crippen molar-refractivity contribution in [2.45, 2.75) is 11.4 Å². The molecule has 2 N–H and O–H groups in total. The van der Waals surface area contributed by atoms with Gasteiger partial charge in [0.1, 0.15) is 0 Å². The number of sulfonamides is 1. The Morgan fingerprint density at radius 2 is 1.80 bits per heavy atom. The summed E-state index contributed by atoms with van der Waals surface area (Å²) in [6.07, 6.45) is 0. The Morgan fingerprint density at radius 3 is 2.44 bits per heavy atom. The Morgan fingerprint density at radius 1 is 1.12 bits per heavy atom. The zero-order valence-electron chi connectivity index (χ0n) is 13.7. The number of ether oxygens (including phenoxy) is 1. The normalized spacial score (nSPS) is 11.3. The van der Waals surface area contributed by atoms with Gasteiger partial charge in [-0.2, -0.15) is 0 Å². The highest BCUT2D eigenvalue weighted by molar-refractivity contribution is 7.89. The molecule has 1 amide bonds. The summed E-state index contributed by atoms with van der Waals surface area (Å²) in [6, 6.07) is 12.9. The average molecular weight is 383 g/mol. The van der Waals surface area contributed by atoms with E-state index in [-0.39, 0.29) is 30.5 Å². The maximum Gasteiger partial charge on any atom is 0.251 e. The molecule has 0 aliphatic carbocycles. The van der Waals surface area contributed by atoms with Crippen molar-refractivity contribution in [3.63, 3.8) is 0 Å². The number of carbonyl (C=O) groups is 1. The van der Waals surface area contributed by atoms with E-state index < -0.39 is 10.0 Å². The number of hydrogen-bond donors (Lipinski definition) is 2. The Hall–Kier alpha value is -1.93. The Balaban J connectivity index is 1.99. The van der Waals surface area contributed by atoms with Crippen LogP contribution in [0, 0.1) is 0 Å². The molecule has 0 saturated heterocycles. The molecule has 0 fully saturated rings. The van der Waals surface area contributed by atoms with Crippen LogP contribution in [0.2, 0.25) is 5.02 Å². The SMILES string of the molecule is COCCNS(=O)(=O)c1ccc(C(=O)NCc2ccccc2Cl)cc1. The van der Waals surface area contributed by atoms with Crippen molar-refractivity contribution in [2.24, 2.45) is 0 Å². The Kier molecular flexibility index (Phi) is 6.95. The molecule has 134 valence electrons. The van der Waals surface area contributed by atoms with E-state index in [1.807, 2.05) is 18.2 Å². The van der Waals surface area contributed by atoms with Crippen LogP contribution in [-0.2, 0) is 21.3 Å². The van der Waals surface area contributed by atoms with Gasteiger partial charge in [0.05, 0.1) is 11.5 Å². The molecule has 0 atom stereocenters. The zero-order valence-corrected chi connectivity index (χ0v) is 15.2. The first-order valence-corrected chi connectivity index (χ1v) is 9.40. The predicted molar refractivity (Wildman–Crippen MR) is 96.1 cm³/mol. The van der Waals surface area contributed by atoms with Crippen LogP contribution in [0.25, 0.3) is 0 Å². The second-order valence-electron chi connectivity index (χ2n) is 5.19. The van der Waals surface area contributed by atoms with Crippen LogP contribution in [0.3, 0.4) is 0 Å². The summed E-state index contributed by atoms with van der Waals surface area (Å²) >= 11 is 6.04. The van der Waals surface area contributed by atoms with Gasteiger partial charge in [-0.1, -0.05) is 29.8 Å². The number of hydrogen-bond acceptors (Lipinski definition) is 4. The van der Waals surface area contributed by atoms with Gasteiger partial charge in [-0.25, -0.2) is 13.1 Å². The lowest BCUT2D eigenvalue weighted by molar-refractivity contribution is 0.0951. The molecule has 0 heterocycles. The van der Waals surface area contributed by atoms with E-state index >= 15 is 0 Å². The first kappa shape index (κ1) is 19.4. The van der Waals surface area contributed by atoms with E-state index in [4.69, 9.17) is 16.3 Å². The van der Waals surface area contributed by atoms with Crippen molar-refractivity contribution in [3.8, 4) is 0 Å². The number of benzene rings is 2. The summed E-state index contributed by atoms with van der Waals surface area (Å²) in [4.78, 5) is 12.3. The molecule has 2 aromatic rings. The number of nitrogens with one attached hydrogen (secondary N) is 2. The van der Waals surface area contributed by atoms with Gasteiger partial charge in [0.25, 0.3) is 5.91 Å². The van der Waals surface area contributed by atoms with Crippen LogP contribution in [0.5, 0.6) is 0 Å². The van der Waals surface area contributed by atoms with Gasteiger partial charge in [-0.3, -0.25) is 4.79 Å². The average Bonchev–Trinajstić information content (AvgIpc) is 2.61. The molecular weight excluding hydrogens is 364 g/mol. The molecule has 6 nitrogen and oxygen atoms in total. The molecule has 0 unspecified atom stereocenters. The number of carbonyl (C=O) groups excluding carboxylic acids is 1. The van der Waals surface area contributed by atoms with Crippen LogP contribution in [-0.4, -0.2) is 34.6 Å². The van der Waals surface area contributed by atoms with Crippen molar-refractivity contribution < 1.29 is 17.9 Å². The summed E-state index contributed by atoms with van der Waals surface area (Å²) in [7, 11) is -2.12. The van der Waals surface area contributed by atoms with Gasteiger partial charge in [0.15, 0.2) is 0 Å². The molecule has 0 spiro atoms. The number of rotatable bonds is 8. The van der Waals surface area contributed by atoms with Crippen LogP contribution in [0.15, 0.2) is 53.4 Å². The second-order valence-corrected chi connectivity index (χ2v) is 7.36. The topological polar surface area (TPSA) is 84.5 Å². The number of methoxy groups -OCH3 is 1. The fourth-order valence-corrected chi connectivity index (χ4v) is 3.28. The van der Waals surface area contributed by atoms with Gasteiger partial charge < -0.3 is 10.1 Å². The Bertz CT molecular complexity index is 823. The van der Waals surface area contributed by atoms with Crippen molar-refractivity contribution in [2.75, 3.05) is 20.3 Å². The number of halogens is 1. The smallest absolute Gasteiger partial charge is 0.251 e. The third kappa shape index (κ3) is 5.54. The minimum absolute atomic E-state index is 0.0891. The second kappa shape index (κ2) is 8.96. The largest absolute Gasteiger partial charge is 0.383 e.